The number of benzene rings is 1. The van der Waals surface area contributed by atoms with Crippen LogP contribution in [0.5, 0.6) is 0 Å². The van der Waals surface area contributed by atoms with Gasteiger partial charge in [0, 0.05) is 5.75 Å². The summed E-state index contributed by atoms with van der Waals surface area (Å²) in [5.41, 5.74) is 0.739. The minimum absolute atomic E-state index is 0.0732. The monoisotopic (exact) mass is 225 g/mol. The molecule has 1 rings (SSSR count). The van der Waals surface area contributed by atoms with Crippen molar-refractivity contribution in [2.75, 3.05) is 5.75 Å². The average molecular weight is 225 g/mol. The molecule has 1 N–H and O–H groups in total. The van der Waals surface area contributed by atoms with E-state index in [-0.39, 0.29) is 11.5 Å². The maximum Gasteiger partial charge on any atom is 0.313 e. The molecule has 0 spiro atoms. The van der Waals surface area contributed by atoms with Gasteiger partial charge in [0.2, 0.25) is 0 Å². The summed E-state index contributed by atoms with van der Waals surface area (Å²) < 4.78 is 13.2. The van der Waals surface area contributed by atoms with Crippen LogP contribution in [0, 0.1) is 17.1 Å². The summed E-state index contributed by atoms with van der Waals surface area (Å²) in [5, 5.41) is 17.0. The highest BCUT2D eigenvalue weighted by Crippen LogP contribution is 2.16. The number of carboxylic acid groups (broad SMARTS) is 1. The van der Waals surface area contributed by atoms with Gasteiger partial charge in [-0.15, -0.1) is 11.8 Å². The molecule has 0 radical (unpaired) electrons. The van der Waals surface area contributed by atoms with Crippen molar-refractivity contribution >= 4 is 17.7 Å². The van der Waals surface area contributed by atoms with Gasteiger partial charge < -0.3 is 5.11 Å². The van der Waals surface area contributed by atoms with Crippen molar-refractivity contribution in [1.82, 2.24) is 0 Å². The maximum atomic E-state index is 13.2. The van der Waals surface area contributed by atoms with Crippen molar-refractivity contribution in [1.29, 1.82) is 5.26 Å². The molecule has 0 fully saturated rings. The van der Waals surface area contributed by atoms with E-state index in [1.54, 1.807) is 0 Å². The van der Waals surface area contributed by atoms with Crippen LogP contribution in [0.3, 0.4) is 0 Å². The number of nitriles is 1. The Balaban J connectivity index is 2.68. The Morgan fingerprint density at radius 2 is 2.33 bits per heavy atom. The first-order valence-electron chi connectivity index (χ1n) is 4.11. The Morgan fingerprint density at radius 3 is 2.93 bits per heavy atom. The van der Waals surface area contributed by atoms with Crippen molar-refractivity contribution in [3.05, 3.63) is 35.1 Å². The molecule has 0 aliphatic carbocycles. The molecular weight excluding hydrogens is 217 g/mol. The highest BCUT2D eigenvalue weighted by atomic mass is 32.2. The molecule has 3 nitrogen and oxygen atoms in total. The van der Waals surface area contributed by atoms with Crippen LogP contribution in [-0.4, -0.2) is 16.8 Å². The number of carboxylic acids is 1. The van der Waals surface area contributed by atoms with Gasteiger partial charge >= 0.3 is 5.97 Å². The zero-order chi connectivity index (χ0) is 11.3. The van der Waals surface area contributed by atoms with Crippen LogP contribution in [0.1, 0.15) is 11.1 Å². The molecule has 0 saturated carbocycles. The first kappa shape index (κ1) is 11.5. The summed E-state index contributed by atoms with van der Waals surface area (Å²) in [6.45, 7) is 0. The summed E-state index contributed by atoms with van der Waals surface area (Å²) in [6, 6.07) is 5.94. The average Bonchev–Trinajstić information content (AvgIpc) is 2.20. The smallest absolute Gasteiger partial charge is 0.313 e. The number of rotatable bonds is 4. The molecule has 0 saturated heterocycles. The van der Waals surface area contributed by atoms with Crippen LogP contribution in [0.2, 0.25) is 0 Å². The Morgan fingerprint density at radius 1 is 1.60 bits per heavy atom. The minimum atomic E-state index is -0.933. The zero-order valence-electron chi connectivity index (χ0n) is 7.74. The van der Waals surface area contributed by atoms with Gasteiger partial charge in [-0.2, -0.15) is 5.26 Å². The minimum Gasteiger partial charge on any atom is -0.481 e. The largest absolute Gasteiger partial charge is 0.481 e. The lowest BCUT2D eigenvalue weighted by molar-refractivity contribution is -0.133. The molecule has 5 heteroatoms. The number of aliphatic carboxylic acids is 1. The summed E-state index contributed by atoms with van der Waals surface area (Å²) in [5.74, 6) is -1.16. The predicted octanol–water partition coefficient (Wildman–Crippen LogP) is 2.02. The number of nitrogens with zero attached hydrogens (tertiary/aromatic N) is 1. The summed E-state index contributed by atoms with van der Waals surface area (Å²) >= 11 is 1.10. The molecule has 15 heavy (non-hydrogen) atoms. The van der Waals surface area contributed by atoms with E-state index in [4.69, 9.17) is 10.4 Å². The summed E-state index contributed by atoms with van der Waals surface area (Å²) in [6.07, 6.45) is 0. The van der Waals surface area contributed by atoms with E-state index in [1.165, 1.54) is 18.2 Å². The number of hydrogen-bond donors (Lipinski definition) is 1. The van der Waals surface area contributed by atoms with Crippen LogP contribution < -0.4 is 0 Å². The standard InChI is InChI=1S/C10H8FNO2S/c11-9-2-1-7(4-12)3-8(9)5-15-6-10(13)14/h1-3H,5-6H2,(H,13,14). The number of halogens is 1. The third kappa shape index (κ3) is 3.60. The SMILES string of the molecule is N#Cc1ccc(F)c(CSCC(=O)O)c1. The fraction of sp³-hybridized carbons (Fsp3) is 0.200. The van der Waals surface area contributed by atoms with E-state index in [0.717, 1.165) is 11.8 Å². The molecule has 0 unspecified atom stereocenters. The second-order valence-electron chi connectivity index (χ2n) is 2.80. The molecule has 0 heterocycles. The maximum absolute atomic E-state index is 13.2. The van der Waals surface area contributed by atoms with Gasteiger partial charge in [0.25, 0.3) is 0 Å². The Kier molecular flexibility index (Phi) is 4.13. The third-order valence-corrected chi connectivity index (χ3v) is 2.62. The highest BCUT2D eigenvalue weighted by Gasteiger charge is 2.05. The molecule has 0 amide bonds. The van der Waals surface area contributed by atoms with Gasteiger partial charge in [0.15, 0.2) is 0 Å². The Hall–Kier alpha value is -1.54. The lowest BCUT2D eigenvalue weighted by Crippen LogP contribution is -1.99. The first-order valence-corrected chi connectivity index (χ1v) is 5.27. The van der Waals surface area contributed by atoms with E-state index in [0.29, 0.717) is 11.1 Å². The van der Waals surface area contributed by atoms with Gasteiger partial charge in [-0.05, 0) is 23.8 Å². The highest BCUT2D eigenvalue weighted by molar-refractivity contribution is 7.99. The number of hydrogen-bond acceptors (Lipinski definition) is 3. The van der Waals surface area contributed by atoms with E-state index in [2.05, 4.69) is 0 Å². The van der Waals surface area contributed by atoms with Crippen LogP contribution in [0.4, 0.5) is 4.39 Å². The van der Waals surface area contributed by atoms with Crippen molar-refractivity contribution in [3.8, 4) is 6.07 Å². The van der Waals surface area contributed by atoms with E-state index in [9.17, 15) is 9.18 Å². The number of thioether (sulfide) groups is 1. The van der Waals surface area contributed by atoms with E-state index < -0.39 is 11.8 Å². The van der Waals surface area contributed by atoms with Crippen LogP contribution >= 0.6 is 11.8 Å². The quantitative estimate of drug-likeness (QED) is 0.851. The van der Waals surface area contributed by atoms with Gasteiger partial charge in [-0.25, -0.2) is 4.39 Å². The third-order valence-electron chi connectivity index (χ3n) is 1.66. The molecule has 0 bridgehead atoms. The topological polar surface area (TPSA) is 61.1 Å². The molecule has 1 aromatic carbocycles. The fourth-order valence-electron chi connectivity index (χ4n) is 1.00. The van der Waals surface area contributed by atoms with Crippen LogP contribution in [0.15, 0.2) is 18.2 Å². The van der Waals surface area contributed by atoms with Crippen LogP contribution in [-0.2, 0) is 10.5 Å². The van der Waals surface area contributed by atoms with E-state index in [1.807, 2.05) is 6.07 Å². The summed E-state index contributed by atoms with van der Waals surface area (Å²) in [7, 11) is 0. The second-order valence-corrected chi connectivity index (χ2v) is 3.79. The van der Waals surface area contributed by atoms with Crippen molar-refractivity contribution in [2.45, 2.75) is 5.75 Å². The molecular formula is C10H8FNO2S. The number of carbonyl (C=O) groups is 1. The van der Waals surface area contributed by atoms with Crippen molar-refractivity contribution in [2.24, 2.45) is 0 Å². The lowest BCUT2D eigenvalue weighted by atomic mass is 10.1. The van der Waals surface area contributed by atoms with Gasteiger partial charge in [-0.3, -0.25) is 4.79 Å². The molecule has 0 aliphatic heterocycles. The molecule has 0 aromatic heterocycles. The normalized spacial score (nSPS) is 9.60. The van der Waals surface area contributed by atoms with E-state index >= 15 is 0 Å². The lowest BCUT2D eigenvalue weighted by Gasteiger charge is -2.01. The Labute approximate surface area is 90.5 Å². The fourth-order valence-corrected chi connectivity index (χ4v) is 1.72. The van der Waals surface area contributed by atoms with Crippen molar-refractivity contribution in [3.63, 3.8) is 0 Å². The Bertz CT molecular complexity index is 414. The van der Waals surface area contributed by atoms with Gasteiger partial charge in [0.05, 0.1) is 17.4 Å². The predicted molar refractivity (Wildman–Crippen MR) is 54.9 cm³/mol. The van der Waals surface area contributed by atoms with Crippen molar-refractivity contribution < 1.29 is 14.3 Å². The molecule has 0 aliphatic rings. The second kappa shape index (κ2) is 5.37. The zero-order valence-corrected chi connectivity index (χ0v) is 8.55. The van der Waals surface area contributed by atoms with Crippen LogP contribution in [0.25, 0.3) is 0 Å². The molecule has 78 valence electrons. The molecule has 1 aromatic rings. The van der Waals surface area contributed by atoms with Gasteiger partial charge in [-0.1, -0.05) is 0 Å². The van der Waals surface area contributed by atoms with Gasteiger partial charge in [0.1, 0.15) is 5.82 Å². The first-order chi connectivity index (χ1) is 7.13. The molecule has 0 atom stereocenters. The summed E-state index contributed by atoms with van der Waals surface area (Å²) in [4.78, 5) is 10.2.